The molecule has 0 aliphatic heterocycles. The molecule has 0 fully saturated rings. The van der Waals surface area contributed by atoms with Crippen molar-refractivity contribution in [2.75, 3.05) is 20.3 Å². The summed E-state index contributed by atoms with van der Waals surface area (Å²) in [6.45, 7) is 2.62. The highest BCUT2D eigenvalue weighted by Gasteiger charge is 2.09. The van der Waals surface area contributed by atoms with Crippen molar-refractivity contribution in [3.63, 3.8) is 0 Å². The lowest BCUT2D eigenvalue weighted by Gasteiger charge is -2.11. The van der Waals surface area contributed by atoms with Gasteiger partial charge < -0.3 is 19.3 Å². The van der Waals surface area contributed by atoms with E-state index in [2.05, 4.69) is 4.74 Å². The molecule has 1 N–H and O–H groups in total. The van der Waals surface area contributed by atoms with Crippen LogP contribution in [0.25, 0.3) is 0 Å². The summed E-state index contributed by atoms with van der Waals surface area (Å²) in [5.41, 5.74) is 0. The molecule has 1 atom stereocenters. The lowest BCUT2D eigenvalue weighted by atomic mass is 10.1. The first-order valence-corrected chi connectivity index (χ1v) is 9.35. The van der Waals surface area contributed by atoms with Gasteiger partial charge in [0.15, 0.2) is 0 Å². The van der Waals surface area contributed by atoms with E-state index in [1.54, 1.807) is 12.1 Å². The molecule has 0 spiro atoms. The van der Waals surface area contributed by atoms with Gasteiger partial charge >= 0.3 is 11.9 Å². The number of carbonyl (C=O) groups is 2. The van der Waals surface area contributed by atoms with Gasteiger partial charge in [0.2, 0.25) is 0 Å². The number of esters is 1. The molecule has 30 heavy (non-hydrogen) atoms. The zero-order chi connectivity index (χ0) is 22.4. The minimum atomic E-state index is -0.840. The summed E-state index contributed by atoms with van der Waals surface area (Å²) in [4.78, 5) is 21.1. The molecule has 0 radical (unpaired) electrons. The number of aliphatic carboxylic acids is 1. The van der Waals surface area contributed by atoms with Gasteiger partial charge in [0.1, 0.15) is 23.1 Å². The summed E-state index contributed by atoms with van der Waals surface area (Å²) < 4.78 is 40.2. The first-order chi connectivity index (χ1) is 14.3. The Morgan fingerprint density at radius 3 is 1.90 bits per heavy atom. The van der Waals surface area contributed by atoms with E-state index < -0.39 is 5.97 Å². The number of methoxy groups -OCH3 is 1. The van der Waals surface area contributed by atoms with Crippen LogP contribution in [0, 0.1) is 17.6 Å². The van der Waals surface area contributed by atoms with Crippen LogP contribution in [-0.2, 0) is 14.3 Å². The SMILES string of the molecule is COC(=O)CC(C)COc1ccc(F)cc1.O=C(O)CCCOc1ccc(F)cc1. The molecule has 2 rings (SSSR count). The van der Waals surface area contributed by atoms with E-state index >= 15 is 0 Å². The molecule has 0 bridgehead atoms. The van der Waals surface area contributed by atoms with Crippen LogP contribution in [0.4, 0.5) is 8.78 Å². The maximum absolute atomic E-state index is 12.6. The maximum Gasteiger partial charge on any atom is 0.305 e. The molecule has 0 aromatic heterocycles. The van der Waals surface area contributed by atoms with Crippen molar-refractivity contribution < 1.29 is 37.7 Å². The highest BCUT2D eigenvalue weighted by molar-refractivity contribution is 5.69. The van der Waals surface area contributed by atoms with Crippen LogP contribution >= 0.6 is 0 Å². The monoisotopic (exact) mass is 424 g/mol. The number of benzene rings is 2. The van der Waals surface area contributed by atoms with E-state index in [0.717, 1.165) is 0 Å². The van der Waals surface area contributed by atoms with Gasteiger partial charge in [0.05, 0.1) is 26.7 Å². The number of carboxylic acids is 1. The van der Waals surface area contributed by atoms with Crippen molar-refractivity contribution in [2.24, 2.45) is 5.92 Å². The van der Waals surface area contributed by atoms with E-state index in [9.17, 15) is 18.4 Å². The minimum Gasteiger partial charge on any atom is -0.494 e. The fourth-order valence-electron chi connectivity index (χ4n) is 2.14. The van der Waals surface area contributed by atoms with Crippen LogP contribution in [0.3, 0.4) is 0 Å². The van der Waals surface area contributed by atoms with Crippen molar-refractivity contribution in [2.45, 2.75) is 26.2 Å². The van der Waals surface area contributed by atoms with Gasteiger partial charge in [-0.3, -0.25) is 9.59 Å². The van der Waals surface area contributed by atoms with Gasteiger partial charge in [-0.25, -0.2) is 8.78 Å². The second-order valence-electron chi connectivity index (χ2n) is 6.45. The van der Waals surface area contributed by atoms with E-state index in [0.29, 0.717) is 37.6 Å². The van der Waals surface area contributed by atoms with Crippen LogP contribution < -0.4 is 9.47 Å². The average molecular weight is 424 g/mol. The van der Waals surface area contributed by atoms with Gasteiger partial charge in [-0.1, -0.05) is 6.92 Å². The number of hydrogen-bond donors (Lipinski definition) is 1. The molecule has 0 saturated carbocycles. The molecule has 0 amide bonds. The molecular weight excluding hydrogens is 398 g/mol. The lowest BCUT2D eigenvalue weighted by molar-refractivity contribution is -0.142. The molecule has 0 heterocycles. The van der Waals surface area contributed by atoms with E-state index in [1.807, 2.05) is 6.92 Å². The van der Waals surface area contributed by atoms with Crippen molar-refractivity contribution in [1.82, 2.24) is 0 Å². The summed E-state index contributed by atoms with van der Waals surface area (Å²) in [7, 11) is 1.36. The minimum absolute atomic E-state index is 0.0671. The normalized spacial score (nSPS) is 10.9. The summed E-state index contributed by atoms with van der Waals surface area (Å²) in [6.07, 6.45) is 0.853. The van der Waals surface area contributed by atoms with Gasteiger partial charge in [-0.15, -0.1) is 0 Å². The molecule has 0 aliphatic carbocycles. The van der Waals surface area contributed by atoms with Gasteiger partial charge in [0.25, 0.3) is 0 Å². The predicted molar refractivity (Wildman–Crippen MR) is 106 cm³/mol. The standard InChI is InChI=1S/C12H15FO3.C10H11FO3/c1-9(7-12(14)15-2)8-16-11-5-3-10(13)4-6-11;11-8-3-5-9(6-4-8)14-7-1-2-10(12)13/h3-6,9H,7-8H2,1-2H3;3-6H,1-2,7H2,(H,12,13). The molecule has 1 unspecified atom stereocenters. The Morgan fingerprint density at radius 1 is 0.933 bits per heavy atom. The van der Waals surface area contributed by atoms with Crippen molar-refractivity contribution in [1.29, 1.82) is 0 Å². The van der Waals surface area contributed by atoms with Crippen LogP contribution in [0.5, 0.6) is 11.5 Å². The first kappa shape index (κ1) is 24.9. The topological polar surface area (TPSA) is 82.1 Å². The molecular formula is C22H26F2O6. The Kier molecular flexibility index (Phi) is 11.5. The van der Waals surface area contributed by atoms with Crippen molar-refractivity contribution >= 4 is 11.9 Å². The Morgan fingerprint density at radius 2 is 1.43 bits per heavy atom. The lowest BCUT2D eigenvalue weighted by Crippen LogP contribution is -2.14. The third-order valence-electron chi connectivity index (χ3n) is 3.71. The van der Waals surface area contributed by atoms with Crippen LogP contribution in [-0.4, -0.2) is 37.4 Å². The van der Waals surface area contributed by atoms with Crippen molar-refractivity contribution in [3.8, 4) is 11.5 Å². The van der Waals surface area contributed by atoms with Crippen molar-refractivity contribution in [3.05, 3.63) is 60.2 Å². The zero-order valence-electron chi connectivity index (χ0n) is 17.0. The van der Waals surface area contributed by atoms with Gasteiger partial charge in [-0.2, -0.15) is 0 Å². The second-order valence-corrected chi connectivity index (χ2v) is 6.45. The molecule has 6 nitrogen and oxygen atoms in total. The van der Waals surface area contributed by atoms with Crippen LogP contribution in [0.15, 0.2) is 48.5 Å². The Labute approximate surface area is 174 Å². The summed E-state index contributed by atoms with van der Waals surface area (Å²) in [6, 6.07) is 11.4. The largest absolute Gasteiger partial charge is 0.494 e. The molecule has 2 aromatic carbocycles. The average Bonchev–Trinajstić information content (AvgIpc) is 2.72. The van der Waals surface area contributed by atoms with E-state index in [1.165, 1.54) is 43.5 Å². The summed E-state index contributed by atoms with van der Waals surface area (Å²) in [5.74, 6) is -0.492. The molecule has 164 valence electrons. The van der Waals surface area contributed by atoms with E-state index in [4.69, 9.17) is 14.6 Å². The summed E-state index contributed by atoms with van der Waals surface area (Å²) >= 11 is 0. The Hall–Kier alpha value is -3.16. The van der Waals surface area contributed by atoms with Gasteiger partial charge in [-0.05, 0) is 55.0 Å². The third-order valence-corrected chi connectivity index (χ3v) is 3.71. The Bertz CT molecular complexity index is 762. The number of halogens is 2. The van der Waals surface area contributed by atoms with E-state index in [-0.39, 0.29) is 29.9 Å². The first-order valence-electron chi connectivity index (χ1n) is 9.35. The number of carbonyl (C=O) groups excluding carboxylic acids is 1. The molecule has 0 aliphatic rings. The number of rotatable bonds is 10. The summed E-state index contributed by atoms with van der Waals surface area (Å²) in [5, 5.41) is 8.34. The molecule has 8 heteroatoms. The highest BCUT2D eigenvalue weighted by Crippen LogP contribution is 2.13. The number of carboxylic acid groups (broad SMARTS) is 1. The van der Waals surface area contributed by atoms with Crippen LogP contribution in [0.2, 0.25) is 0 Å². The Balaban J connectivity index is 0.000000303. The highest BCUT2D eigenvalue weighted by atomic mass is 19.1. The third kappa shape index (κ3) is 11.6. The smallest absolute Gasteiger partial charge is 0.305 e. The fraction of sp³-hybridized carbons (Fsp3) is 0.364. The second kappa shape index (κ2) is 13.9. The molecule has 2 aromatic rings. The van der Waals surface area contributed by atoms with Gasteiger partial charge in [0, 0.05) is 12.3 Å². The number of ether oxygens (including phenoxy) is 3. The molecule has 0 saturated heterocycles. The fourth-order valence-corrected chi connectivity index (χ4v) is 2.14. The zero-order valence-corrected chi connectivity index (χ0v) is 17.0. The predicted octanol–water partition coefficient (Wildman–Crippen LogP) is 4.47. The maximum atomic E-state index is 12.6. The quantitative estimate of drug-likeness (QED) is 0.448. The number of hydrogen-bond acceptors (Lipinski definition) is 5. The van der Waals surface area contributed by atoms with Crippen LogP contribution in [0.1, 0.15) is 26.2 Å².